The minimum absolute atomic E-state index is 0.143. The first-order chi connectivity index (χ1) is 9.66. The zero-order chi connectivity index (χ0) is 14.1. The van der Waals surface area contributed by atoms with Gasteiger partial charge in [-0.15, -0.1) is 11.8 Å². The molecule has 2 aliphatic heterocycles. The van der Waals surface area contributed by atoms with E-state index in [0.717, 1.165) is 24.6 Å². The first-order valence-electron chi connectivity index (χ1n) is 8.03. The lowest BCUT2D eigenvalue weighted by Gasteiger charge is -2.36. The number of carbonyl (C=O) groups is 1. The normalized spacial score (nSPS) is 41.2. The molecule has 5 atom stereocenters. The topological polar surface area (TPSA) is 44.4 Å². The summed E-state index contributed by atoms with van der Waals surface area (Å²) in [5.74, 6) is 0.434. The van der Waals surface area contributed by atoms with E-state index < -0.39 is 0 Å². The summed E-state index contributed by atoms with van der Waals surface area (Å²) >= 11 is 2.09. The number of hydrogen-bond acceptors (Lipinski definition) is 4. The molecule has 4 nitrogen and oxygen atoms in total. The molecule has 2 N–H and O–H groups in total. The Bertz CT molecular complexity index is 349. The number of rotatable bonds is 2. The summed E-state index contributed by atoms with van der Waals surface area (Å²) in [5, 5.41) is 8.63. The molecule has 0 radical (unpaired) electrons. The summed E-state index contributed by atoms with van der Waals surface area (Å²) in [5.41, 5.74) is 0. The van der Waals surface area contributed by atoms with Crippen LogP contribution in [0.3, 0.4) is 0 Å². The average molecular weight is 297 g/mol. The maximum Gasteiger partial charge on any atom is 0.226 e. The molecule has 3 rings (SSSR count). The third kappa shape index (κ3) is 2.85. The second-order valence-corrected chi connectivity index (χ2v) is 8.00. The second kappa shape index (κ2) is 6.24. The Labute approximate surface area is 126 Å². The lowest BCUT2D eigenvalue weighted by Crippen LogP contribution is -2.56. The second-order valence-electron chi connectivity index (χ2n) is 6.61. The summed E-state index contributed by atoms with van der Waals surface area (Å²) in [7, 11) is 3.76. The summed E-state index contributed by atoms with van der Waals surface area (Å²) in [4.78, 5) is 14.2. The fraction of sp³-hybridized carbons (Fsp3) is 0.933. The van der Waals surface area contributed by atoms with E-state index in [1.54, 1.807) is 4.90 Å². The first-order valence-corrected chi connectivity index (χ1v) is 8.97. The lowest BCUT2D eigenvalue weighted by molar-refractivity contribution is -0.134. The highest BCUT2D eigenvalue weighted by Crippen LogP contribution is 2.40. The molecule has 0 aromatic heterocycles. The third-order valence-electron chi connectivity index (χ3n) is 4.99. The van der Waals surface area contributed by atoms with Crippen LogP contribution in [-0.2, 0) is 4.79 Å². The van der Waals surface area contributed by atoms with Gasteiger partial charge in [-0.1, -0.05) is 12.8 Å². The van der Waals surface area contributed by atoms with Crippen LogP contribution in [-0.4, -0.2) is 54.2 Å². The maximum absolute atomic E-state index is 12.4. The van der Waals surface area contributed by atoms with E-state index in [1.165, 1.54) is 25.7 Å². The minimum Gasteiger partial charge on any atom is -0.349 e. The maximum atomic E-state index is 12.4. The number of fused-ring (bicyclic) bond motifs is 1. The highest BCUT2D eigenvalue weighted by atomic mass is 32.2. The highest BCUT2D eigenvalue weighted by molar-refractivity contribution is 8.00. The largest absolute Gasteiger partial charge is 0.349 e. The molecule has 0 spiro atoms. The molecule has 5 unspecified atom stereocenters. The fourth-order valence-electron chi connectivity index (χ4n) is 3.92. The number of hydrogen-bond donors (Lipinski definition) is 2. The summed E-state index contributed by atoms with van der Waals surface area (Å²) in [6, 6.07) is 0.979. The van der Waals surface area contributed by atoms with Gasteiger partial charge in [-0.25, -0.2) is 0 Å². The molecule has 2 saturated heterocycles. The van der Waals surface area contributed by atoms with Gasteiger partial charge in [-0.2, -0.15) is 0 Å². The predicted octanol–water partition coefficient (Wildman–Crippen LogP) is 1.42. The van der Waals surface area contributed by atoms with Crippen molar-refractivity contribution in [1.82, 2.24) is 15.5 Å². The molecule has 3 fully saturated rings. The zero-order valence-corrected chi connectivity index (χ0v) is 13.4. The van der Waals surface area contributed by atoms with E-state index >= 15 is 0 Å². The monoisotopic (exact) mass is 297 g/mol. The van der Waals surface area contributed by atoms with Crippen molar-refractivity contribution in [2.75, 3.05) is 20.6 Å². The van der Waals surface area contributed by atoms with E-state index in [9.17, 15) is 4.79 Å². The summed E-state index contributed by atoms with van der Waals surface area (Å²) < 4.78 is 0. The standard InChI is InChI=1S/C15H27N3OS/c1-18(2)15(19)10-6-5-9-16-13(10)14-17-11-7-3-4-8-12(11)20-14/h10-14,16-17H,3-9H2,1-2H3. The molecule has 1 saturated carbocycles. The van der Waals surface area contributed by atoms with Gasteiger partial charge in [0.25, 0.3) is 0 Å². The van der Waals surface area contributed by atoms with Crippen molar-refractivity contribution >= 4 is 17.7 Å². The number of nitrogens with one attached hydrogen (secondary N) is 2. The van der Waals surface area contributed by atoms with Crippen molar-refractivity contribution < 1.29 is 4.79 Å². The van der Waals surface area contributed by atoms with E-state index in [4.69, 9.17) is 0 Å². The van der Waals surface area contributed by atoms with E-state index in [2.05, 4.69) is 22.4 Å². The molecule has 3 aliphatic rings. The van der Waals surface area contributed by atoms with Crippen molar-refractivity contribution in [2.45, 2.75) is 61.2 Å². The van der Waals surface area contributed by atoms with Crippen LogP contribution in [0.4, 0.5) is 0 Å². The quantitative estimate of drug-likeness (QED) is 0.809. The van der Waals surface area contributed by atoms with Gasteiger partial charge in [0.1, 0.15) is 0 Å². The molecule has 0 bridgehead atoms. The van der Waals surface area contributed by atoms with E-state index in [1.807, 2.05) is 14.1 Å². The third-order valence-corrected chi connectivity index (χ3v) is 6.63. The Kier molecular flexibility index (Phi) is 4.58. The van der Waals surface area contributed by atoms with Crippen molar-refractivity contribution in [3.8, 4) is 0 Å². The van der Waals surface area contributed by atoms with Gasteiger partial charge in [0, 0.05) is 31.4 Å². The molecule has 20 heavy (non-hydrogen) atoms. The molecule has 0 aromatic carbocycles. The molecule has 1 amide bonds. The smallest absolute Gasteiger partial charge is 0.226 e. The van der Waals surface area contributed by atoms with Crippen LogP contribution in [0.5, 0.6) is 0 Å². The van der Waals surface area contributed by atoms with Crippen LogP contribution in [0, 0.1) is 5.92 Å². The summed E-state index contributed by atoms with van der Waals surface area (Å²) in [6.07, 6.45) is 7.54. The summed E-state index contributed by atoms with van der Waals surface area (Å²) in [6.45, 7) is 1.05. The molecule has 2 heterocycles. The minimum atomic E-state index is 0.143. The average Bonchev–Trinajstić information content (AvgIpc) is 2.90. The predicted molar refractivity (Wildman–Crippen MR) is 83.8 cm³/mol. The molecule has 5 heteroatoms. The van der Waals surface area contributed by atoms with Gasteiger partial charge in [0.15, 0.2) is 0 Å². The van der Waals surface area contributed by atoms with Gasteiger partial charge in [0.05, 0.1) is 11.3 Å². The fourth-order valence-corrected chi connectivity index (χ4v) is 5.71. The molecule has 1 aliphatic carbocycles. The Morgan fingerprint density at radius 1 is 1.15 bits per heavy atom. The van der Waals surface area contributed by atoms with Crippen LogP contribution in [0.25, 0.3) is 0 Å². The van der Waals surface area contributed by atoms with Crippen molar-refractivity contribution in [3.05, 3.63) is 0 Å². The van der Waals surface area contributed by atoms with Crippen LogP contribution in [0.2, 0.25) is 0 Å². The van der Waals surface area contributed by atoms with Crippen LogP contribution >= 0.6 is 11.8 Å². The number of thioether (sulfide) groups is 1. The molecular weight excluding hydrogens is 270 g/mol. The van der Waals surface area contributed by atoms with Crippen LogP contribution in [0.1, 0.15) is 38.5 Å². The van der Waals surface area contributed by atoms with Crippen LogP contribution in [0.15, 0.2) is 0 Å². The Morgan fingerprint density at radius 2 is 1.95 bits per heavy atom. The molecular formula is C15H27N3OS. The Hall–Kier alpha value is -0.260. The molecule has 0 aromatic rings. The van der Waals surface area contributed by atoms with Crippen molar-refractivity contribution in [2.24, 2.45) is 5.92 Å². The van der Waals surface area contributed by atoms with E-state index in [-0.39, 0.29) is 5.92 Å². The van der Waals surface area contributed by atoms with Crippen molar-refractivity contribution in [1.29, 1.82) is 0 Å². The Morgan fingerprint density at radius 3 is 2.70 bits per heavy atom. The number of carbonyl (C=O) groups excluding carboxylic acids is 1. The Balaban J connectivity index is 1.69. The first kappa shape index (κ1) is 14.7. The number of piperidine rings is 1. The zero-order valence-electron chi connectivity index (χ0n) is 12.6. The molecule has 114 valence electrons. The SMILES string of the molecule is CN(C)C(=O)C1CCCNC1C1NC2CCCCC2S1. The van der Waals surface area contributed by atoms with E-state index in [0.29, 0.717) is 23.4 Å². The van der Waals surface area contributed by atoms with Gasteiger partial charge in [0.2, 0.25) is 5.91 Å². The van der Waals surface area contributed by atoms with Gasteiger partial charge >= 0.3 is 0 Å². The van der Waals surface area contributed by atoms with Crippen molar-refractivity contribution in [3.63, 3.8) is 0 Å². The lowest BCUT2D eigenvalue weighted by atomic mass is 9.88. The highest BCUT2D eigenvalue weighted by Gasteiger charge is 2.44. The van der Waals surface area contributed by atoms with Crippen LogP contribution < -0.4 is 10.6 Å². The number of amides is 1. The van der Waals surface area contributed by atoms with Gasteiger partial charge in [-0.05, 0) is 32.2 Å². The van der Waals surface area contributed by atoms with Gasteiger partial charge < -0.3 is 15.5 Å². The van der Waals surface area contributed by atoms with Gasteiger partial charge in [-0.3, -0.25) is 4.79 Å². The number of nitrogens with zero attached hydrogens (tertiary/aromatic N) is 1.